The van der Waals surface area contributed by atoms with Crippen LogP contribution in [0.5, 0.6) is 0 Å². The predicted molar refractivity (Wildman–Crippen MR) is 84.8 cm³/mol. The summed E-state index contributed by atoms with van der Waals surface area (Å²) in [5.41, 5.74) is 0. The minimum absolute atomic E-state index is 0.133. The molecule has 1 N–H and O–H groups in total. The topological polar surface area (TPSA) is 52.7 Å². The zero-order valence-electron chi connectivity index (χ0n) is 13.1. The van der Waals surface area contributed by atoms with Gasteiger partial charge in [0.05, 0.1) is 5.75 Å². The summed E-state index contributed by atoms with van der Waals surface area (Å²) in [6.07, 6.45) is 6.71. The minimum atomic E-state index is -3.08. The SMILES string of the molecule is CC1CN2CCCC2CN1S(=O)(=O)CCCCNC1CC1. The molecular weight excluding hydrogens is 286 g/mol. The molecule has 2 unspecified atom stereocenters. The van der Waals surface area contributed by atoms with E-state index in [2.05, 4.69) is 17.1 Å². The van der Waals surface area contributed by atoms with E-state index in [-0.39, 0.29) is 6.04 Å². The van der Waals surface area contributed by atoms with Crippen molar-refractivity contribution in [1.29, 1.82) is 0 Å². The van der Waals surface area contributed by atoms with Crippen LogP contribution in [-0.2, 0) is 10.0 Å². The Balaban J connectivity index is 1.46. The Hall–Kier alpha value is -0.170. The molecule has 0 bridgehead atoms. The van der Waals surface area contributed by atoms with Gasteiger partial charge in [-0.15, -0.1) is 0 Å². The third kappa shape index (κ3) is 3.97. The van der Waals surface area contributed by atoms with Gasteiger partial charge in [-0.05, 0) is 58.5 Å². The van der Waals surface area contributed by atoms with Gasteiger partial charge in [-0.3, -0.25) is 4.90 Å². The Labute approximate surface area is 129 Å². The van der Waals surface area contributed by atoms with Crippen molar-refractivity contribution in [3.63, 3.8) is 0 Å². The molecule has 21 heavy (non-hydrogen) atoms. The van der Waals surface area contributed by atoms with Crippen molar-refractivity contribution in [2.75, 3.05) is 31.9 Å². The number of hydrogen-bond donors (Lipinski definition) is 1. The van der Waals surface area contributed by atoms with Gasteiger partial charge in [0.1, 0.15) is 0 Å². The van der Waals surface area contributed by atoms with E-state index in [9.17, 15) is 8.42 Å². The summed E-state index contributed by atoms with van der Waals surface area (Å²) in [5.74, 6) is 0.316. The van der Waals surface area contributed by atoms with Gasteiger partial charge in [0.25, 0.3) is 0 Å². The summed E-state index contributed by atoms with van der Waals surface area (Å²) in [7, 11) is -3.08. The third-order valence-corrected chi connectivity index (χ3v) is 7.10. The van der Waals surface area contributed by atoms with Gasteiger partial charge in [-0.25, -0.2) is 8.42 Å². The van der Waals surface area contributed by atoms with Gasteiger partial charge in [0, 0.05) is 31.2 Å². The molecule has 0 aromatic rings. The van der Waals surface area contributed by atoms with E-state index in [1.807, 2.05) is 0 Å². The summed E-state index contributed by atoms with van der Waals surface area (Å²) < 4.78 is 26.9. The van der Waals surface area contributed by atoms with Crippen LogP contribution >= 0.6 is 0 Å². The fourth-order valence-electron chi connectivity index (χ4n) is 3.67. The maximum absolute atomic E-state index is 12.6. The quantitative estimate of drug-likeness (QED) is 0.713. The number of rotatable bonds is 7. The van der Waals surface area contributed by atoms with Gasteiger partial charge in [0.15, 0.2) is 0 Å². The van der Waals surface area contributed by atoms with E-state index >= 15 is 0 Å². The molecule has 2 heterocycles. The first-order valence-electron chi connectivity index (χ1n) is 8.53. The highest BCUT2D eigenvalue weighted by Crippen LogP contribution is 2.26. The van der Waals surface area contributed by atoms with Crippen molar-refractivity contribution in [2.24, 2.45) is 0 Å². The monoisotopic (exact) mass is 315 g/mol. The third-order valence-electron chi connectivity index (χ3n) is 5.08. The van der Waals surface area contributed by atoms with Gasteiger partial charge in [-0.1, -0.05) is 0 Å². The van der Waals surface area contributed by atoms with Crippen LogP contribution in [0.3, 0.4) is 0 Å². The van der Waals surface area contributed by atoms with Crippen molar-refractivity contribution in [3.8, 4) is 0 Å². The maximum Gasteiger partial charge on any atom is 0.214 e. The molecule has 2 aliphatic heterocycles. The Morgan fingerprint density at radius 3 is 2.71 bits per heavy atom. The fourth-order valence-corrected chi connectivity index (χ4v) is 5.49. The first-order chi connectivity index (χ1) is 10.1. The Bertz CT molecular complexity index is 450. The molecule has 0 amide bonds. The summed E-state index contributed by atoms with van der Waals surface area (Å²) in [4.78, 5) is 2.47. The standard InChI is InChI=1S/C15H29N3O2S/c1-13-11-17-9-4-5-15(17)12-18(13)21(19,20)10-3-2-8-16-14-6-7-14/h13-16H,2-12H2,1H3. The number of fused-ring (bicyclic) bond motifs is 1. The zero-order chi connectivity index (χ0) is 14.9. The Morgan fingerprint density at radius 2 is 1.95 bits per heavy atom. The molecule has 3 aliphatic rings. The van der Waals surface area contributed by atoms with Crippen LogP contribution in [-0.4, -0.2) is 67.7 Å². The second-order valence-electron chi connectivity index (χ2n) is 6.96. The molecule has 1 saturated carbocycles. The minimum Gasteiger partial charge on any atom is -0.314 e. The first-order valence-corrected chi connectivity index (χ1v) is 10.1. The number of nitrogens with zero attached hydrogens (tertiary/aromatic N) is 2. The summed E-state index contributed by atoms with van der Waals surface area (Å²) in [5, 5.41) is 3.45. The van der Waals surface area contributed by atoms with Crippen LogP contribution in [0, 0.1) is 0 Å². The highest BCUT2D eigenvalue weighted by atomic mass is 32.2. The average molecular weight is 315 g/mol. The van der Waals surface area contributed by atoms with E-state index in [0.29, 0.717) is 18.3 Å². The molecule has 3 fully saturated rings. The van der Waals surface area contributed by atoms with E-state index in [1.54, 1.807) is 4.31 Å². The lowest BCUT2D eigenvalue weighted by Gasteiger charge is -2.41. The van der Waals surface area contributed by atoms with Crippen molar-refractivity contribution in [2.45, 2.75) is 63.6 Å². The van der Waals surface area contributed by atoms with Crippen molar-refractivity contribution < 1.29 is 8.42 Å². The summed E-state index contributed by atoms with van der Waals surface area (Å²) >= 11 is 0. The lowest BCUT2D eigenvalue weighted by Crippen LogP contribution is -2.57. The van der Waals surface area contributed by atoms with Crippen LogP contribution in [0.25, 0.3) is 0 Å². The number of piperazine rings is 1. The van der Waals surface area contributed by atoms with Crippen LogP contribution in [0.15, 0.2) is 0 Å². The molecule has 1 aliphatic carbocycles. The van der Waals surface area contributed by atoms with Crippen LogP contribution in [0.4, 0.5) is 0 Å². The lowest BCUT2D eigenvalue weighted by molar-refractivity contribution is 0.117. The molecule has 2 atom stereocenters. The lowest BCUT2D eigenvalue weighted by atomic mass is 10.1. The number of nitrogens with one attached hydrogen (secondary N) is 1. The van der Waals surface area contributed by atoms with Crippen LogP contribution < -0.4 is 5.32 Å². The fraction of sp³-hybridized carbons (Fsp3) is 1.00. The van der Waals surface area contributed by atoms with Crippen molar-refractivity contribution in [1.82, 2.24) is 14.5 Å². The molecule has 5 nitrogen and oxygen atoms in total. The molecule has 0 spiro atoms. The number of unbranched alkanes of at least 4 members (excludes halogenated alkanes) is 1. The summed E-state index contributed by atoms with van der Waals surface area (Å²) in [6.45, 7) is 5.79. The maximum atomic E-state index is 12.6. The second kappa shape index (κ2) is 6.52. The van der Waals surface area contributed by atoms with E-state index in [4.69, 9.17) is 0 Å². The normalized spacial score (nSPS) is 31.5. The largest absolute Gasteiger partial charge is 0.314 e. The molecule has 2 saturated heterocycles. The van der Waals surface area contributed by atoms with E-state index in [1.165, 1.54) is 19.3 Å². The average Bonchev–Trinajstić information content (AvgIpc) is 3.14. The molecule has 0 aromatic carbocycles. The van der Waals surface area contributed by atoms with Gasteiger partial charge in [-0.2, -0.15) is 4.31 Å². The van der Waals surface area contributed by atoms with Gasteiger partial charge >= 0.3 is 0 Å². The molecule has 6 heteroatoms. The Morgan fingerprint density at radius 1 is 1.14 bits per heavy atom. The molecule has 122 valence electrons. The first kappa shape index (κ1) is 15.7. The van der Waals surface area contributed by atoms with Crippen molar-refractivity contribution >= 4 is 10.0 Å². The summed E-state index contributed by atoms with van der Waals surface area (Å²) in [6, 6.07) is 1.32. The molecular formula is C15H29N3O2S. The zero-order valence-corrected chi connectivity index (χ0v) is 13.9. The van der Waals surface area contributed by atoms with Crippen LogP contribution in [0.1, 0.15) is 45.4 Å². The molecule has 0 radical (unpaired) electrons. The molecule has 0 aromatic heterocycles. The second-order valence-corrected chi connectivity index (χ2v) is 9.00. The highest BCUT2D eigenvalue weighted by Gasteiger charge is 2.39. The smallest absolute Gasteiger partial charge is 0.214 e. The number of hydrogen-bond acceptors (Lipinski definition) is 4. The number of sulfonamides is 1. The van der Waals surface area contributed by atoms with Gasteiger partial charge < -0.3 is 5.32 Å². The van der Waals surface area contributed by atoms with E-state index in [0.717, 1.165) is 44.9 Å². The predicted octanol–water partition coefficient (Wildman–Crippen LogP) is 1.02. The van der Waals surface area contributed by atoms with Crippen molar-refractivity contribution in [3.05, 3.63) is 0 Å². The van der Waals surface area contributed by atoms with E-state index < -0.39 is 10.0 Å². The highest BCUT2D eigenvalue weighted by molar-refractivity contribution is 7.89. The molecule has 3 rings (SSSR count). The van der Waals surface area contributed by atoms with Gasteiger partial charge in [0.2, 0.25) is 10.0 Å². The van der Waals surface area contributed by atoms with Crippen LogP contribution in [0.2, 0.25) is 0 Å². The Kier molecular flexibility index (Phi) is 4.88.